The topological polar surface area (TPSA) is 71.5 Å². The number of carbonyl (C=O) groups is 1. The molecular formula is C31H39FN2O3Si. The molecule has 1 aliphatic rings. The highest BCUT2D eigenvalue weighted by atomic mass is 28.3. The van der Waals surface area contributed by atoms with Crippen molar-refractivity contribution in [1.29, 1.82) is 0 Å². The fraction of sp³-hybridized carbons (Fsp3) is 0.419. The molecular weight excluding hydrogens is 495 g/mol. The Bertz CT molecular complexity index is 1300. The first-order chi connectivity index (χ1) is 18.1. The highest BCUT2D eigenvalue weighted by molar-refractivity contribution is 6.76. The second-order valence-electron chi connectivity index (χ2n) is 11.6. The molecule has 7 heteroatoms. The minimum absolute atomic E-state index is 0.101. The number of nitrogens with one attached hydrogen (secondary N) is 1. The Morgan fingerprint density at radius 3 is 2.53 bits per heavy atom. The number of amides is 1. The minimum atomic E-state index is -1.26. The summed E-state index contributed by atoms with van der Waals surface area (Å²) in [5.74, 6) is -0.186. The van der Waals surface area contributed by atoms with Gasteiger partial charge < -0.3 is 15.2 Å². The molecule has 1 aliphatic carbocycles. The van der Waals surface area contributed by atoms with Gasteiger partial charge in [-0.15, -0.1) is 0 Å². The summed E-state index contributed by atoms with van der Waals surface area (Å²) < 4.78 is 19.2. The first kappa shape index (κ1) is 28.0. The quantitative estimate of drug-likeness (QED) is 0.299. The Balaban J connectivity index is 1.72. The number of carbonyl (C=O) groups excluding carboxylic acids is 1. The van der Waals surface area contributed by atoms with Gasteiger partial charge in [-0.05, 0) is 77.2 Å². The number of aromatic nitrogens is 1. The van der Waals surface area contributed by atoms with Crippen molar-refractivity contribution in [1.82, 2.24) is 10.3 Å². The van der Waals surface area contributed by atoms with Crippen LogP contribution in [0.25, 0.3) is 22.4 Å². The number of aryl methyl sites for hydroxylation is 1. The van der Waals surface area contributed by atoms with E-state index in [1.54, 1.807) is 12.1 Å². The van der Waals surface area contributed by atoms with E-state index in [1.807, 2.05) is 0 Å². The number of pyridine rings is 1. The van der Waals surface area contributed by atoms with E-state index >= 15 is 0 Å². The van der Waals surface area contributed by atoms with Gasteiger partial charge in [-0.3, -0.25) is 4.98 Å². The number of benzene rings is 2. The van der Waals surface area contributed by atoms with E-state index in [4.69, 9.17) is 9.72 Å². The molecule has 0 aliphatic heterocycles. The van der Waals surface area contributed by atoms with Crippen molar-refractivity contribution in [2.45, 2.75) is 77.9 Å². The normalized spacial score (nSPS) is 13.1. The molecule has 0 atom stereocenters. The Kier molecular flexibility index (Phi) is 8.68. The first-order valence-corrected chi connectivity index (χ1v) is 17.2. The van der Waals surface area contributed by atoms with Crippen LogP contribution in [0.1, 0.15) is 54.1 Å². The molecule has 0 fully saturated rings. The molecule has 4 rings (SSSR count). The molecule has 0 unspecified atom stereocenters. The second kappa shape index (κ2) is 11.8. The SMILES string of the molecule is CC(C)c1nc2c(c(-c3ccc(F)cc3)c1CO)CCCc1ccc(CNC(=O)OCC[Si](C)(C)C)cc1-2. The van der Waals surface area contributed by atoms with Gasteiger partial charge in [0.2, 0.25) is 0 Å². The fourth-order valence-electron chi connectivity index (χ4n) is 5.06. The van der Waals surface area contributed by atoms with Gasteiger partial charge in [-0.25, -0.2) is 9.18 Å². The number of aliphatic hydroxyl groups is 1. The number of alkyl carbamates (subject to hydrolysis) is 1. The Morgan fingerprint density at radius 2 is 1.87 bits per heavy atom. The number of ether oxygens (including phenoxy) is 1. The standard InChI is InChI=1S/C31H39FN2O3Si/c1-20(2)29-27(19-35)28(23-11-13-24(32)14-12-23)25-8-6-7-22-10-9-21(17-26(22)30(25)34-29)18-33-31(36)37-15-16-38(3,4)5/h9-14,17,20,35H,6-8,15-16,18-19H2,1-5H3,(H,33,36). The molecule has 1 heterocycles. The summed E-state index contributed by atoms with van der Waals surface area (Å²) in [5.41, 5.74) is 8.76. The molecule has 5 nitrogen and oxygen atoms in total. The maximum atomic E-state index is 13.8. The third kappa shape index (κ3) is 6.50. The van der Waals surface area contributed by atoms with Gasteiger partial charge in [0.25, 0.3) is 0 Å². The van der Waals surface area contributed by atoms with E-state index in [1.165, 1.54) is 17.7 Å². The van der Waals surface area contributed by atoms with E-state index in [0.29, 0.717) is 13.2 Å². The molecule has 202 valence electrons. The number of hydrogen-bond acceptors (Lipinski definition) is 4. The van der Waals surface area contributed by atoms with Crippen molar-refractivity contribution in [2.75, 3.05) is 6.61 Å². The van der Waals surface area contributed by atoms with Gasteiger partial charge in [0.1, 0.15) is 5.82 Å². The second-order valence-corrected chi connectivity index (χ2v) is 17.3. The van der Waals surface area contributed by atoms with Crippen molar-refractivity contribution in [3.05, 3.63) is 76.2 Å². The van der Waals surface area contributed by atoms with Crippen molar-refractivity contribution in [3.63, 3.8) is 0 Å². The molecule has 2 aromatic carbocycles. The number of halogens is 1. The zero-order valence-corrected chi connectivity index (χ0v) is 24.2. The minimum Gasteiger partial charge on any atom is -0.450 e. The van der Waals surface area contributed by atoms with Crippen molar-refractivity contribution in [2.24, 2.45) is 0 Å². The average molecular weight is 535 g/mol. The zero-order chi connectivity index (χ0) is 27.4. The van der Waals surface area contributed by atoms with Gasteiger partial charge in [0.05, 0.1) is 18.9 Å². The molecule has 0 spiro atoms. The van der Waals surface area contributed by atoms with Gasteiger partial charge in [-0.2, -0.15) is 0 Å². The highest BCUT2D eigenvalue weighted by Gasteiger charge is 2.26. The lowest BCUT2D eigenvalue weighted by Gasteiger charge is -2.22. The first-order valence-electron chi connectivity index (χ1n) is 13.5. The van der Waals surface area contributed by atoms with E-state index in [-0.39, 0.29) is 18.3 Å². The summed E-state index contributed by atoms with van der Waals surface area (Å²) in [7, 11) is -1.26. The maximum Gasteiger partial charge on any atom is 0.407 e. The summed E-state index contributed by atoms with van der Waals surface area (Å²) in [6.45, 7) is 11.6. The molecule has 0 radical (unpaired) electrons. The van der Waals surface area contributed by atoms with Crippen LogP contribution in [0.5, 0.6) is 0 Å². The molecule has 2 N–H and O–H groups in total. The van der Waals surface area contributed by atoms with Crippen molar-refractivity contribution in [3.8, 4) is 22.4 Å². The lowest BCUT2D eigenvalue weighted by Crippen LogP contribution is -2.27. The molecule has 1 amide bonds. The number of aliphatic hydroxyl groups excluding tert-OH is 1. The van der Waals surface area contributed by atoms with Crippen LogP contribution in [-0.2, 0) is 30.7 Å². The van der Waals surface area contributed by atoms with Crippen LogP contribution in [0.3, 0.4) is 0 Å². The summed E-state index contributed by atoms with van der Waals surface area (Å²) in [5, 5.41) is 13.3. The van der Waals surface area contributed by atoms with Crippen LogP contribution in [0.4, 0.5) is 9.18 Å². The van der Waals surface area contributed by atoms with E-state index in [2.05, 4.69) is 57.0 Å². The molecule has 3 aromatic rings. The van der Waals surface area contributed by atoms with Crippen LogP contribution < -0.4 is 5.32 Å². The van der Waals surface area contributed by atoms with Gasteiger partial charge >= 0.3 is 6.09 Å². The maximum absolute atomic E-state index is 13.8. The Morgan fingerprint density at radius 1 is 1.13 bits per heavy atom. The van der Waals surface area contributed by atoms with Crippen molar-refractivity contribution >= 4 is 14.2 Å². The van der Waals surface area contributed by atoms with Gasteiger partial charge in [0.15, 0.2) is 0 Å². The van der Waals surface area contributed by atoms with Crippen LogP contribution in [0.15, 0.2) is 42.5 Å². The number of fused-ring (bicyclic) bond motifs is 3. The summed E-state index contributed by atoms with van der Waals surface area (Å²) in [6.07, 6.45) is 2.27. The van der Waals surface area contributed by atoms with Crippen molar-refractivity contribution < 1.29 is 19.0 Å². The molecule has 1 aromatic heterocycles. The largest absolute Gasteiger partial charge is 0.450 e. The molecule has 38 heavy (non-hydrogen) atoms. The molecule has 0 saturated heterocycles. The number of nitrogens with zero attached hydrogens (tertiary/aromatic N) is 1. The third-order valence-corrected chi connectivity index (χ3v) is 8.80. The Hall–Kier alpha value is -3.03. The number of hydrogen-bond donors (Lipinski definition) is 2. The third-order valence-electron chi connectivity index (χ3n) is 7.09. The summed E-state index contributed by atoms with van der Waals surface area (Å²) >= 11 is 0. The lowest BCUT2D eigenvalue weighted by molar-refractivity contribution is 0.151. The van der Waals surface area contributed by atoms with E-state index in [9.17, 15) is 14.3 Å². The summed E-state index contributed by atoms with van der Waals surface area (Å²) in [6, 6.07) is 13.7. The fourth-order valence-corrected chi connectivity index (χ4v) is 5.77. The Labute approximate surface area is 226 Å². The predicted molar refractivity (Wildman–Crippen MR) is 153 cm³/mol. The van der Waals surface area contributed by atoms with E-state index in [0.717, 1.165) is 70.1 Å². The zero-order valence-electron chi connectivity index (χ0n) is 23.2. The van der Waals surface area contributed by atoms with E-state index < -0.39 is 14.2 Å². The average Bonchev–Trinajstić information content (AvgIpc) is 3.05. The molecule has 0 saturated carbocycles. The van der Waals surface area contributed by atoms with Gasteiger partial charge in [-0.1, -0.05) is 57.8 Å². The number of rotatable bonds is 8. The lowest BCUT2D eigenvalue weighted by atomic mass is 9.87. The van der Waals surface area contributed by atoms with Crippen LogP contribution >= 0.6 is 0 Å². The monoisotopic (exact) mass is 534 g/mol. The van der Waals surface area contributed by atoms with Crippen LogP contribution in [0.2, 0.25) is 25.7 Å². The predicted octanol–water partition coefficient (Wildman–Crippen LogP) is 7.22. The highest BCUT2D eigenvalue weighted by Crippen LogP contribution is 2.41. The molecule has 0 bridgehead atoms. The van der Waals surface area contributed by atoms with Crippen LogP contribution in [0, 0.1) is 5.82 Å². The van der Waals surface area contributed by atoms with Gasteiger partial charge in [0, 0.05) is 31.4 Å². The van der Waals surface area contributed by atoms with Crippen LogP contribution in [-0.4, -0.2) is 30.9 Å². The smallest absolute Gasteiger partial charge is 0.407 e. The summed E-state index contributed by atoms with van der Waals surface area (Å²) in [4.78, 5) is 17.4.